The van der Waals surface area contributed by atoms with Crippen molar-refractivity contribution in [1.82, 2.24) is 4.98 Å². The highest BCUT2D eigenvalue weighted by Crippen LogP contribution is 2.15. The molecule has 1 atom stereocenters. The Kier molecular flexibility index (Phi) is 5.26. The Bertz CT molecular complexity index is 313. The van der Waals surface area contributed by atoms with Gasteiger partial charge in [0.2, 0.25) is 0 Å². The summed E-state index contributed by atoms with van der Waals surface area (Å²) in [4.78, 5) is 4.24. The Morgan fingerprint density at radius 2 is 2.12 bits per heavy atom. The highest BCUT2D eigenvalue weighted by Gasteiger charge is 2.07. The standard InChI is InChI=1S/C13H22N2O/c1-10(2)8-11(3)16-9-12-6-5-7-15-13(12)14-4/h5-7,10-11H,8-9H2,1-4H3,(H,14,15). The van der Waals surface area contributed by atoms with Gasteiger partial charge in [0.1, 0.15) is 5.82 Å². The molecule has 1 aromatic rings. The molecule has 1 heterocycles. The van der Waals surface area contributed by atoms with Crippen molar-refractivity contribution in [2.75, 3.05) is 12.4 Å². The van der Waals surface area contributed by atoms with Crippen molar-refractivity contribution in [3.63, 3.8) is 0 Å². The van der Waals surface area contributed by atoms with Gasteiger partial charge in [-0.05, 0) is 25.3 Å². The topological polar surface area (TPSA) is 34.2 Å². The summed E-state index contributed by atoms with van der Waals surface area (Å²) < 4.78 is 5.80. The summed E-state index contributed by atoms with van der Waals surface area (Å²) in [6.07, 6.45) is 3.17. The van der Waals surface area contributed by atoms with Gasteiger partial charge in [0, 0.05) is 18.8 Å². The van der Waals surface area contributed by atoms with Crippen molar-refractivity contribution in [2.24, 2.45) is 5.92 Å². The van der Waals surface area contributed by atoms with Crippen molar-refractivity contribution in [1.29, 1.82) is 0 Å². The van der Waals surface area contributed by atoms with Gasteiger partial charge >= 0.3 is 0 Å². The summed E-state index contributed by atoms with van der Waals surface area (Å²) in [6, 6.07) is 3.98. The molecule has 0 radical (unpaired) electrons. The number of nitrogens with one attached hydrogen (secondary N) is 1. The van der Waals surface area contributed by atoms with E-state index in [1.807, 2.05) is 19.2 Å². The maximum absolute atomic E-state index is 5.80. The highest BCUT2D eigenvalue weighted by atomic mass is 16.5. The fourth-order valence-electron chi connectivity index (χ4n) is 1.74. The number of aromatic nitrogens is 1. The molecule has 1 aromatic heterocycles. The Morgan fingerprint density at radius 1 is 1.38 bits per heavy atom. The minimum absolute atomic E-state index is 0.296. The quantitative estimate of drug-likeness (QED) is 0.803. The van der Waals surface area contributed by atoms with Crippen LogP contribution >= 0.6 is 0 Å². The SMILES string of the molecule is CNc1ncccc1COC(C)CC(C)C. The number of pyridine rings is 1. The van der Waals surface area contributed by atoms with Crippen LogP contribution in [-0.2, 0) is 11.3 Å². The Balaban J connectivity index is 2.47. The third-order valence-electron chi connectivity index (χ3n) is 2.45. The molecule has 0 amide bonds. The summed E-state index contributed by atoms with van der Waals surface area (Å²) in [6.45, 7) is 7.17. The minimum atomic E-state index is 0.296. The van der Waals surface area contributed by atoms with Crippen LogP contribution in [0, 0.1) is 5.92 Å². The lowest BCUT2D eigenvalue weighted by molar-refractivity contribution is 0.0399. The zero-order chi connectivity index (χ0) is 12.0. The Labute approximate surface area is 98.2 Å². The molecular weight excluding hydrogens is 200 g/mol. The molecule has 0 aliphatic rings. The lowest BCUT2D eigenvalue weighted by Gasteiger charge is -2.16. The van der Waals surface area contributed by atoms with Gasteiger partial charge in [-0.15, -0.1) is 0 Å². The van der Waals surface area contributed by atoms with Gasteiger partial charge in [-0.25, -0.2) is 4.98 Å². The zero-order valence-corrected chi connectivity index (χ0v) is 10.7. The highest BCUT2D eigenvalue weighted by molar-refractivity contribution is 5.42. The maximum atomic E-state index is 5.80. The van der Waals surface area contributed by atoms with E-state index >= 15 is 0 Å². The normalized spacial score (nSPS) is 12.8. The molecule has 0 aliphatic heterocycles. The fraction of sp³-hybridized carbons (Fsp3) is 0.615. The molecule has 1 unspecified atom stereocenters. The van der Waals surface area contributed by atoms with E-state index in [0.29, 0.717) is 18.6 Å². The predicted molar refractivity (Wildman–Crippen MR) is 67.5 cm³/mol. The van der Waals surface area contributed by atoms with Crippen LogP contribution in [0.2, 0.25) is 0 Å². The maximum Gasteiger partial charge on any atom is 0.131 e. The first kappa shape index (κ1) is 13.0. The smallest absolute Gasteiger partial charge is 0.131 e. The Morgan fingerprint density at radius 3 is 2.75 bits per heavy atom. The molecule has 3 heteroatoms. The van der Waals surface area contributed by atoms with E-state index in [4.69, 9.17) is 4.74 Å². The van der Waals surface area contributed by atoms with Crippen molar-refractivity contribution in [3.8, 4) is 0 Å². The lowest BCUT2D eigenvalue weighted by atomic mass is 10.1. The molecule has 0 fully saturated rings. The van der Waals surface area contributed by atoms with Gasteiger partial charge in [-0.1, -0.05) is 19.9 Å². The number of anilines is 1. The average molecular weight is 222 g/mol. The van der Waals surface area contributed by atoms with E-state index in [9.17, 15) is 0 Å². The van der Waals surface area contributed by atoms with Gasteiger partial charge in [0.05, 0.1) is 12.7 Å². The number of ether oxygens (including phenoxy) is 1. The first-order valence-corrected chi connectivity index (χ1v) is 5.86. The molecule has 90 valence electrons. The summed E-state index contributed by atoms with van der Waals surface area (Å²) in [5.41, 5.74) is 1.11. The fourth-order valence-corrected chi connectivity index (χ4v) is 1.74. The van der Waals surface area contributed by atoms with Crippen LogP contribution in [-0.4, -0.2) is 18.1 Å². The molecule has 1 N–H and O–H groups in total. The van der Waals surface area contributed by atoms with Crippen LogP contribution in [0.25, 0.3) is 0 Å². The summed E-state index contributed by atoms with van der Waals surface area (Å²) >= 11 is 0. The molecule has 16 heavy (non-hydrogen) atoms. The molecule has 0 spiro atoms. The van der Waals surface area contributed by atoms with Crippen molar-refractivity contribution in [2.45, 2.75) is 39.9 Å². The van der Waals surface area contributed by atoms with Gasteiger partial charge in [-0.3, -0.25) is 0 Å². The number of hydrogen-bond donors (Lipinski definition) is 1. The molecule has 0 bridgehead atoms. The monoisotopic (exact) mass is 222 g/mol. The number of hydrogen-bond acceptors (Lipinski definition) is 3. The predicted octanol–water partition coefficient (Wildman–Crippen LogP) is 3.07. The second-order valence-corrected chi connectivity index (χ2v) is 4.51. The van der Waals surface area contributed by atoms with E-state index in [2.05, 4.69) is 31.1 Å². The third kappa shape index (κ3) is 4.19. The van der Waals surface area contributed by atoms with E-state index in [-0.39, 0.29) is 0 Å². The van der Waals surface area contributed by atoms with Crippen LogP contribution in [0.3, 0.4) is 0 Å². The molecule has 0 saturated heterocycles. The molecular formula is C13H22N2O. The largest absolute Gasteiger partial charge is 0.374 e. The van der Waals surface area contributed by atoms with Gasteiger partial charge in [0.25, 0.3) is 0 Å². The summed E-state index contributed by atoms with van der Waals surface area (Å²) in [5.74, 6) is 1.58. The zero-order valence-electron chi connectivity index (χ0n) is 10.7. The first-order chi connectivity index (χ1) is 7.63. The number of rotatable bonds is 6. The van der Waals surface area contributed by atoms with E-state index in [0.717, 1.165) is 17.8 Å². The molecule has 3 nitrogen and oxygen atoms in total. The van der Waals surface area contributed by atoms with Crippen molar-refractivity contribution >= 4 is 5.82 Å². The van der Waals surface area contributed by atoms with Crippen LogP contribution in [0.1, 0.15) is 32.8 Å². The lowest BCUT2D eigenvalue weighted by Crippen LogP contribution is -2.12. The third-order valence-corrected chi connectivity index (χ3v) is 2.45. The van der Waals surface area contributed by atoms with Gasteiger partial charge in [0.15, 0.2) is 0 Å². The molecule has 1 rings (SSSR count). The first-order valence-electron chi connectivity index (χ1n) is 5.86. The van der Waals surface area contributed by atoms with E-state index < -0.39 is 0 Å². The second kappa shape index (κ2) is 6.48. The van der Waals surface area contributed by atoms with E-state index in [1.54, 1.807) is 6.20 Å². The molecule has 0 aliphatic carbocycles. The average Bonchev–Trinajstić information content (AvgIpc) is 2.26. The van der Waals surface area contributed by atoms with Crippen LogP contribution in [0.5, 0.6) is 0 Å². The molecule has 0 saturated carbocycles. The van der Waals surface area contributed by atoms with Crippen LogP contribution in [0.15, 0.2) is 18.3 Å². The van der Waals surface area contributed by atoms with Gasteiger partial charge in [-0.2, -0.15) is 0 Å². The minimum Gasteiger partial charge on any atom is -0.374 e. The Hall–Kier alpha value is -1.09. The summed E-state index contributed by atoms with van der Waals surface area (Å²) in [7, 11) is 1.88. The summed E-state index contributed by atoms with van der Waals surface area (Å²) in [5, 5.41) is 3.07. The second-order valence-electron chi connectivity index (χ2n) is 4.51. The van der Waals surface area contributed by atoms with Crippen LogP contribution in [0.4, 0.5) is 5.82 Å². The van der Waals surface area contributed by atoms with Crippen LogP contribution < -0.4 is 5.32 Å². The van der Waals surface area contributed by atoms with Crippen molar-refractivity contribution in [3.05, 3.63) is 23.9 Å². The van der Waals surface area contributed by atoms with E-state index in [1.165, 1.54) is 0 Å². The molecule has 0 aromatic carbocycles. The van der Waals surface area contributed by atoms with Gasteiger partial charge < -0.3 is 10.1 Å². The number of nitrogens with zero attached hydrogens (tertiary/aromatic N) is 1. The van der Waals surface area contributed by atoms with Crippen molar-refractivity contribution < 1.29 is 4.74 Å².